The van der Waals surface area contributed by atoms with Crippen molar-refractivity contribution < 1.29 is 31.6 Å². The predicted octanol–water partition coefficient (Wildman–Crippen LogP) is 5.02. The molecule has 3 aromatic rings. The van der Waals surface area contributed by atoms with Crippen molar-refractivity contribution in [1.29, 1.82) is 0 Å². The third kappa shape index (κ3) is 3.56. The monoisotopic (exact) mass is 416 g/mol. The van der Waals surface area contributed by atoms with Crippen molar-refractivity contribution in [2.24, 2.45) is 0 Å². The van der Waals surface area contributed by atoms with Crippen molar-refractivity contribution in [3.8, 4) is 22.8 Å². The van der Waals surface area contributed by atoms with Gasteiger partial charge in [-0.2, -0.15) is 13.2 Å². The van der Waals surface area contributed by atoms with Crippen molar-refractivity contribution in [1.82, 2.24) is 0 Å². The zero-order valence-electron chi connectivity index (χ0n) is 16.8. The number of methoxy groups -OCH3 is 2. The van der Waals surface area contributed by atoms with Crippen LogP contribution < -0.4 is 9.47 Å². The SMILES string of the molecule is COc1cc2c(cc1OC)C(c1ccc(-c3cccc(C(F)(F)F)c3)o1)=[N+](C)CC2. The van der Waals surface area contributed by atoms with Crippen LogP contribution in [0.3, 0.4) is 0 Å². The van der Waals surface area contributed by atoms with Crippen molar-refractivity contribution >= 4 is 5.71 Å². The molecule has 156 valence electrons. The molecule has 0 bridgehead atoms. The maximum atomic E-state index is 13.1. The van der Waals surface area contributed by atoms with Crippen LogP contribution in [0.25, 0.3) is 11.3 Å². The second kappa shape index (κ2) is 7.55. The summed E-state index contributed by atoms with van der Waals surface area (Å²) < 4.78 is 58.1. The number of fused-ring (bicyclic) bond motifs is 1. The van der Waals surface area contributed by atoms with E-state index in [9.17, 15) is 13.2 Å². The van der Waals surface area contributed by atoms with E-state index >= 15 is 0 Å². The van der Waals surface area contributed by atoms with Gasteiger partial charge in [0.1, 0.15) is 19.4 Å². The number of hydrogen-bond acceptors (Lipinski definition) is 3. The summed E-state index contributed by atoms with van der Waals surface area (Å²) in [7, 11) is 5.13. The zero-order valence-corrected chi connectivity index (χ0v) is 16.8. The molecule has 0 spiro atoms. The molecule has 0 aliphatic carbocycles. The van der Waals surface area contributed by atoms with E-state index in [2.05, 4.69) is 4.58 Å². The van der Waals surface area contributed by atoms with Gasteiger partial charge in [0.25, 0.3) is 0 Å². The highest BCUT2D eigenvalue weighted by Crippen LogP contribution is 2.35. The Morgan fingerprint density at radius 1 is 0.933 bits per heavy atom. The molecule has 4 nitrogen and oxygen atoms in total. The molecular formula is C23H21F3NO3+. The van der Waals surface area contributed by atoms with Crippen LogP contribution in [0.4, 0.5) is 13.2 Å². The second-order valence-corrected chi connectivity index (χ2v) is 7.13. The van der Waals surface area contributed by atoms with Crippen LogP contribution >= 0.6 is 0 Å². The van der Waals surface area contributed by atoms with Gasteiger partial charge in [0.05, 0.1) is 25.3 Å². The summed E-state index contributed by atoms with van der Waals surface area (Å²) in [4.78, 5) is 0. The Bertz CT molecular complexity index is 1130. The molecule has 0 atom stereocenters. The van der Waals surface area contributed by atoms with E-state index in [0.717, 1.165) is 41.9 Å². The maximum Gasteiger partial charge on any atom is 0.416 e. The smallest absolute Gasteiger partial charge is 0.416 e. The fourth-order valence-electron chi connectivity index (χ4n) is 3.74. The first kappa shape index (κ1) is 20.1. The van der Waals surface area contributed by atoms with Crippen LogP contribution in [0.2, 0.25) is 0 Å². The number of alkyl halides is 3. The molecule has 1 aliphatic heterocycles. The molecule has 0 unspecified atom stereocenters. The normalized spacial score (nSPS) is 13.9. The Morgan fingerprint density at radius 2 is 1.63 bits per heavy atom. The van der Waals surface area contributed by atoms with Gasteiger partial charge in [-0.15, -0.1) is 0 Å². The average Bonchev–Trinajstić information content (AvgIpc) is 3.22. The second-order valence-electron chi connectivity index (χ2n) is 7.13. The summed E-state index contributed by atoms with van der Waals surface area (Å²) in [5.41, 5.74) is 2.57. The number of hydrogen-bond donors (Lipinski definition) is 0. The third-order valence-corrected chi connectivity index (χ3v) is 5.28. The minimum Gasteiger partial charge on any atom is -0.493 e. The molecule has 0 N–H and O–H groups in total. The molecule has 0 fully saturated rings. The van der Waals surface area contributed by atoms with E-state index in [1.165, 1.54) is 6.07 Å². The van der Waals surface area contributed by atoms with Gasteiger partial charge in [-0.1, -0.05) is 12.1 Å². The lowest BCUT2D eigenvalue weighted by Crippen LogP contribution is -2.28. The number of benzene rings is 2. The number of halogens is 3. The van der Waals surface area contributed by atoms with Crippen LogP contribution in [0, 0.1) is 0 Å². The summed E-state index contributed by atoms with van der Waals surface area (Å²) >= 11 is 0. The highest BCUT2D eigenvalue weighted by molar-refractivity contribution is 6.09. The molecule has 7 heteroatoms. The molecule has 1 aliphatic rings. The fourth-order valence-corrected chi connectivity index (χ4v) is 3.74. The molecule has 2 aromatic carbocycles. The zero-order chi connectivity index (χ0) is 21.5. The van der Waals surface area contributed by atoms with Crippen molar-refractivity contribution in [3.05, 3.63) is 71.0 Å². The van der Waals surface area contributed by atoms with Crippen molar-refractivity contribution in [2.45, 2.75) is 12.6 Å². The standard InChI is InChI=1S/C23H21F3NO3/c1-27-10-9-14-12-20(28-2)21(29-3)13-17(14)22(27)19-8-7-18(30-19)15-5-4-6-16(11-15)23(24,25)26/h4-8,11-13H,9-10H2,1-3H3/q+1. The highest BCUT2D eigenvalue weighted by atomic mass is 19.4. The average molecular weight is 416 g/mol. The molecule has 0 saturated heterocycles. The first-order chi connectivity index (χ1) is 14.3. The number of rotatable bonds is 4. The van der Waals surface area contributed by atoms with Gasteiger partial charge >= 0.3 is 6.18 Å². The largest absolute Gasteiger partial charge is 0.493 e. The van der Waals surface area contributed by atoms with Crippen LogP contribution in [0.5, 0.6) is 11.5 Å². The van der Waals surface area contributed by atoms with Crippen LogP contribution in [0.1, 0.15) is 22.5 Å². The quantitative estimate of drug-likeness (QED) is 0.561. The number of likely N-dealkylation sites (N-methyl/N-ethyl adjacent to an activating group) is 1. The highest BCUT2D eigenvalue weighted by Gasteiger charge is 2.32. The van der Waals surface area contributed by atoms with Crippen LogP contribution in [-0.2, 0) is 12.6 Å². The van der Waals surface area contributed by atoms with E-state index in [1.807, 2.05) is 19.2 Å². The minimum absolute atomic E-state index is 0.377. The van der Waals surface area contributed by atoms with Gasteiger partial charge in [-0.05, 0) is 42.0 Å². The number of ether oxygens (including phenoxy) is 2. The molecule has 1 aromatic heterocycles. The van der Waals surface area contributed by atoms with E-state index in [4.69, 9.17) is 13.9 Å². The van der Waals surface area contributed by atoms with Gasteiger partial charge in [0.15, 0.2) is 17.3 Å². The van der Waals surface area contributed by atoms with Crippen LogP contribution in [0.15, 0.2) is 52.9 Å². The van der Waals surface area contributed by atoms with Gasteiger partial charge in [-0.25, -0.2) is 4.58 Å². The summed E-state index contributed by atoms with van der Waals surface area (Å²) in [6.07, 6.45) is -3.57. The molecule has 30 heavy (non-hydrogen) atoms. The molecule has 0 radical (unpaired) electrons. The Labute approximate surface area is 172 Å². The fraction of sp³-hybridized carbons (Fsp3) is 0.261. The van der Waals surface area contributed by atoms with Gasteiger partial charge < -0.3 is 13.9 Å². The Morgan fingerprint density at radius 3 is 2.33 bits per heavy atom. The van der Waals surface area contributed by atoms with Crippen molar-refractivity contribution in [3.63, 3.8) is 0 Å². The number of furan rings is 1. The van der Waals surface area contributed by atoms with Gasteiger partial charge in [0, 0.05) is 12.0 Å². The first-order valence-corrected chi connectivity index (χ1v) is 9.43. The number of nitrogens with zero attached hydrogens (tertiary/aromatic N) is 1. The topological polar surface area (TPSA) is 34.6 Å². The predicted molar refractivity (Wildman–Crippen MR) is 107 cm³/mol. The molecule has 4 rings (SSSR count). The lowest BCUT2D eigenvalue weighted by Gasteiger charge is -2.18. The Balaban J connectivity index is 1.77. The van der Waals surface area contributed by atoms with Crippen molar-refractivity contribution in [2.75, 3.05) is 27.8 Å². The van der Waals surface area contributed by atoms with Gasteiger partial charge in [-0.3, -0.25) is 0 Å². The summed E-state index contributed by atoms with van der Waals surface area (Å²) in [5.74, 6) is 2.22. The Hall–Kier alpha value is -3.22. The van der Waals surface area contributed by atoms with E-state index in [-0.39, 0.29) is 0 Å². The summed E-state index contributed by atoms with van der Waals surface area (Å²) in [6.45, 7) is 0.775. The summed E-state index contributed by atoms with van der Waals surface area (Å²) in [5, 5.41) is 0. The van der Waals surface area contributed by atoms with E-state index in [1.54, 1.807) is 32.4 Å². The van der Waals surface area contributed by atoms with E-state index < -0.39 is 11.7 Å². The molecule has 0 amide bonds. The van der Waals surface area contributed by atoms with E-state index in [0.29, 0.717) is 28.6 Å². The lowest BCUT2D eigenvalue weighted by atomic mass is 9.94. The minimum atomic E-state index is -4.40. The van der Waals surface area contributed by atoms with Crippen LogP contribution in [-0.4, -0.2) is 38.1 Å². The summed E-state index contributed by atoms with van der Waals surface area (Å²) in [6, 6.07) is 12.5. The van der Waals surface area contributed by atoms with Gasteiger partial charge in [0.2, 0.25) is 5.71 Å². The first-order valence-electron chi connectivity index (χ1n) is 9.43. The third-order valence-electron chi connectivity index (χ3n) is 5.28. The molecule has 2 heterocycles. The Kier molecular flexibility index (Phi) is 5.05. The molecular weight excluding hydrogens is 395 g/mol. The molecule has 0 saturated carbocycles. The maximum absolute atomic E-state index is 13.1. The lowest BCUT2D eigenvalue weighted by molar-refractivity contribution is -0.497.